The van der Waals surface area contributed by atoms with Crippen LogP contribution in [-0.2, 0) is 23.5 Å². The Morgan fingerprint density at radius 2 is 1.90 bits per heavy atom. The number of hydrogen-bond acceptors (Lipinski definition) is 6. The van der Waals surface area contributed by atoms with Crippen molar-refractivity contribution < 1.29 is 23.5 Å². The van der Waals surface area contributed by atoms with Gasteiger partial charge < -0.3 is 13.9 Å². The molecule has 7 heteroatoms. The molecule has 1 aliphatic carbocycles. The Morgan fingerprint density at radius 3 is 2.37 bits per heavy atom. The third kappa shape index (κ3) is 4.14. The first kappa shape index (κ1) is 25.5. The van der Waals surface area contributed by atoms with Crippen molar-refractivity contribution in [1.82, 2.24) is 0 Å². The average Bonchev–Trinajstić information content (AvgIpc) is 2.57. The standard InChI is InChI=1S/C23H40O5SSi/c1-11-26-20(25)18-15(4)27-22(8)17(28-30(9,10)21(5,6)7)12-16(14(2)3)13-23(22,29)19(18)24/h14,16-17,29H,11-13H2,1-10H3/t16-,17?,22-,23?/m1/s1. The molecule has 1 fully saturated rings. The molecule has 0 saturated heterocycles. The first-order valence-electron chi connectivity index (χ1n) is 11.0. The van der Waals surface area contributed by atoms with Crippen LogP contribution in [0.4, 0.5) is 0 Å². The topological polar surface area (TPSA) is 61.8 Å². The number of esters is 1. The molecule has 172 valence electrons. The summed E-state index contributed by atoms with van der Waals surface area (Å²) in [5.41, 5.74) is -0.978. The lowest BCUT2D eigenvalue weighted by molar-refractivity contribution is -0.163. The van der Waals surface area contributed by atoms with Gasteiger partial charge in [0.25, 0.3) is 0 Å². The molecule has 1 aliphatic heterocycles. The van der Waals surface area contributed by atoms with Gasteiger partial charge in [-0.25, -0.2) is 4.79 Å². The maximum absolute atomic E-state index is 13.7. The lowest BCUT2D eigenvalue weighted by Gasteiger charge is -2.58. The smallest absolute Gasteiger partial charge is 0.345 e. The van der Waals surface area contributed by atoms with Gasteiger partial charge in [0.1, 0.15) is 16.1 Å². The number of thiol groups is 1. The number of ketones is 1. The first-order chi connectivity index (χ1) is 13.5. The molecule has 1 saturated carbocycles. The molecule has 0 N–H and O–H groups in total. The van der Waals surface area contributed by atoms with Crippen LogP contribution in [0.1, 0.15) is 68.2 Å². The summed E-state index contributed by atoms with van der Waals surface area (Å²) < 4.78 is 17.3. The van der Waals surface area contributed by atoms with Crippen molar-refractivity contribution >= 4 is 32.7 Å². The van der Waals surface area contributed by atoms with Crippen LogP contribution >= 0.6 is 12.6 Å². The largest absolute Gasteiger partial charge is 0.487 e. The highest BCUT2D eigenvalue weighted by molar-refractivity contribution is 7.83. The molecular formula is C23H40O5SSi. The fraction of sp³-hybridized carbons (Fsp3) is 0.826. The van der Waals surface area contributed by atoms with E-state index in [0.717, 1.165) is 6.42 Å². The summed E-state index contributed by atoms with van der Waals surface area (Å²) in [5.74, 6) is -0.0409. The molecular weight excluding hydrogens is 416 g/mol. The van der Waals surface area contributed by atoms with Gasteiger partial charge in [0.15, 0.2) is 19.7 Å². The minimum Gasteiger partial charge on any atom is -0.487 e. The van der Waals surface area contributed by atoms with E-state index in [0.29, 0.717) is 18.1 Å². The number of carbonyl (C=O) groups is 2. The van der Waals surface area contributed by atoms with Crippen LogP contribution in [-0.4, -0.2) is 43.1 Å². The zero-order valence-corrected chi connectivity index (χ0v) is 22.2. The Labute approximate surface area is 188 Å². The molecule has 0 amide bonds. The summed E-state index contributed by atoms with van der Waals surface area (Å²) in [6.07, 6.45) is 1.05. The summed E-state index contributed by atoms with van der Waals surface area (Å²) in [5, 5.41) is 0.0209. The second-order valence-electron chi connectivity index (χ2n) is 10.9. The van der Waals surface area contributed by atoms with E-state index in [4.69, 9.17) is 26.5 Å². The van der Waals surface area contributed by atoms with Crippen LogP contribution in [0.5, 0.6) is 0 Å². The predicted octanol–water partition coefficient (Wildman–Crippen LogP) is 5.31. The van der Waals surface area contributed by atoms with Crippen molar-refractivity contribution in [3.63, 3.8) is 0 Å². The molecule has 1 heterocycles. The van der Waals surface area contributed by atoms with Crippen molar-refractivity contribution in [2.75, 3.05) is 6.61 Å². The highest BCUT2D eigenvalue weighted by Gasteiger charge is 2.66. The van der Waals surface area contributed by atoms with Crippen LogP contribution < -0.4 is 0 Å². The zero-order chi connectivity index (χ0) is 23.3. The molecule has 2 aliphatic rings. The van der Waals surface area contributed by atoms with Crippen LogP contribution in [0.2, 0.25) is 18.1 Å². The summed E-state index contributed by atoms with van der Waals surface area (Å²) in [6.45, 7) is 20.9. The molecule has 5 nitrogen and oxygen atoms in total. The van der Waals surface area contributed by atoms with Crippen LogP contribution in [0.25, 0.3) is 0 Å². The average molecular weight is 457 g/mol. The van der Waals surface area contributed by atoms with Crippen LogP contribution in [0, 0.1) is 11.8 Å². The third-order valence-corrected chi connectivity index (χ3v) is 12.8. The predicted molar refractivity (Wildman–Crippen MR) is 125 cm³/mol. The Hall–Kier alpha value is -0.793. The van der Waals surface area contributed by atoms with Gasteiger partial charge in [-0.1, -0.05) is 34.6 Å². The Morgan fingerprint density at radius 1 is 1.33 bits per heavy atom. The minimum absolute atomic E-state index is 0.0141. The number of rotatable bonds is 5. The fourth-order valence-electron chi connectivity index (χ4n) is 4.28. The molecule has 0 aromatic rings. The van der Waals surface area contributed by atoms with Gasteiger partial charge in [0, 0.05) is 0 Å². The van der Waals surface area contributed by atoms with E-state index < -0.39 is 24.6 Å². The highest BCUT2D eigenvalue weighted by atomic mass is 32.1. The molecule has 0 aromatic carbocycles. The van der Waals surface area contributed by atoms with E-state index in [-0.39, 0.29) is 35.0 Å². The summed E-state index contributed by atoms with van der Waals surface area (Å²) in [4.78, 5) is 26.3. The molecule has 2 unspecified atom stereocenters. The summed E-state index contributed by atoms with van der Waals surface area (Å²) in [6, 6.07) is 0. The van der Waals surface area contributed by atoms with E-state index >= 15 is 0 Å². The molecule has 0 radical (unpaired) electrons. The summed E-state index contributed by atoms with van der Waals surface area (Å²) >= 11 is 4.97. The van der Waals surface area contributed by atoms with Crippen molar-refractivity contribution in [2.45, 2.75) is 103 Å². The number of Topliss-reactive ketones (excluding diaryl/α,β-unsaturated/α-hetero) is 1. The summed E-state index contributed by atoms with van der Waals surface area (Å²) in [7, 11) is -2.14. The minimum atomic E-state index is -2.14. The first-order valence-corrected chi connectivity index (χ1v) is 14.4. The number of allylic oxidation sites excluding steroid dienone is 1. The Bertz CT molecular complexity index is 738. The van der Waals surface area contributed by atoms with Crippen molar-refractivity contribution in [2.24, 2.45) is 11.8 Å². The number of fused-ring (bicyclic) bond motifs is 1. The van der Waals surface area contributed by atoms with Gasteiger partial charge in [-0.2, -0.15) is 12.6 Å². The Balaban J connectivity index is 2.60. The molecule has 2 rings (SSSR count). The number of ether oxygens (including phenoxy) is 2. The van der Waals surface area contributed by atoms with Crippen molar-refractivity contribution in [3.8, 4) is 0 Å². The zero-order valence-electron chi connectivity index (χ0n) is 20.3. The van der Waals surface area contributed by atoms with Gasteiger partial charge >= 0.3 is 5.97 Å². The lowest BCUT2D eigenvalue weighted by Crippen LogP contribution is -2.70. The van der Waals surface area contributed by atoms with E-state index in [1.54, 1.807) is 13.8 Å². The van der Waals surface area contributed by atoms with E-state index in [2.05, 4.69) is 47.7 Å². The van der Waals surface area contributed by atoms with Crippen molar-refractivity contribution in [3.05, 3.63) is 11.3 Å². The SMILES string of the molecule is CCOC(=O)C1=C(C)O[C@]2(C)C(O[Si](C)(C)C(C)(C)C)C[C@@H](C(C)C)CC2(S)C1=O. The second kappa shape index (κ2) is 8.28. The molecule has 0 bridgehead atoms. The fourth-order valence-corrected chi connectivity index (χ4v) is 6.20. The van der Waals surface area contributed by atoms with E-state index in [1.807, 2.05) is 6.92 Å². The Kier molecular flexibility index (Phi) is 7.03. The second-order valence-corrected chi connectivity index (χ2v) is 16.4. The normalized spacial score (nSPS) is 32.7. The molecule has 30 heavy (non-hydrogen) atoms. The molecule has 4 atom stereocenters. The van der Waals surface area contributed by atoms with E-state index in [1.165, 1.54) is 0 Å². The maximum atomic E-state index is 13.7. The molecule has 0 spiro atoms. The van der Waals surface area contributed by atoms with Crippen LogP contribution in [0.3, 0.4) is 0 Å². The number of carbonyl (C=O) groups excluding carboxylic acids is 2. The highest BCUT2D eigenvalue weighted by Crippen LogP contribution is 2.55. The van der Waals surface area contributed by atoms with Gasteiger partial charge in [-0.3, -0.25) is 4.79 Å². The van der Waals surface area contributed by atoms with Crippen LogP contribution in [0.15, 0.2) is 11.3 Å². The van der Waals surface area contributed by atoms with E-state index in [9.17, 15) is 9.59 Å². The quantitative estimate of drug-likeness (QED) is 0.263. The monoisotopic (exact) mass is 456 g/mol. The van der Waals surface area contributed by atoms with Gasteiger partial charge in [0.2, 0.25) is 0 Å². The number of hydrogen-bond donors (Lipinski definition) is 1. The van der Waals surface area contributed by atoms with Gasteiger partial charge in [0.05, 0.1) is 12.7 Å². The van der Waals surface area contributed by atoms with Gasteiger partial charge in [-0.15, -0.1) is 0 Å². The molecule has 0 aromatic heterocycles. The third-order valence-electron chi connectivity index (χ3n) is 7.50. The lowest BCUT2D eigenvalue weighted by atomic mass is 9.63. The van der Waals surface area contributed by atoms with Gasteiger partial charge in [-0.05, 0) is 63.6 Å². The van der Waals surface area contributed by atoms with Crippen molar-refractivity contribution in [1.29, 1.82) is 0 Å². The maximum Gasteiger partial charge on any atom is 0.345 e.